The summed E-state index contributed by atoms with van der Waals surface area (Å²) >= 11 is 0. The highest BCUT2D eigenvalue weighted by Gasteiger charge is 2.27. The lowest BCUT2D eigenvalue weighted by Crippen LogP contribution is -2.40. The Morgan fingerprint density at radius 1 is 1.12 bits per heavy atom. The van der Waals surface area contributed by atoms with Gasteiger partial charge in [-0.3, -0.25) is 9.59 Å². The Bertz CT molecular complexity index is 570. The van der Waals surface area contributed by atoms with E-state index in [-0.39, 0.29) is 23.7 Å². The fraction of sp³-hybridized carbons (Fsp3) is 0.619. The maximum atomic E-state index is 12.7. The van der Waals surface area contributed by atoms with E-state index in [2.05, 4.69) is 26.0 Å². The van der Waals surface area contributed by atoms with Crippen molar-refractivity contribution in [3.05, 3.63) is 35.4 Å². The maximum Gasteiger partial charge on any atom is 0.222 e. The Hall–Kier alpha value is -1.68. The fourth-order valence-corrected chi connectivity index (χ4v) is 3.41. The van der Waals surface area contributed by atoms with Gasteiger partial charge in [-0.25, -0.2) is 0 Å². The number of rotatable bonds is 7. The van der Waals surface area contributed by atoms with Crippen molar-refractivity contribution in [1.29, 1.82) is 0 Å². The predicted molar refractivity (Wildman–Crippen MR) is 102 cm³/mol. The number of amides is 1. The van der Waals surface area contributed by atoms with E-state index in [0.717, 1.165) is 31.2 Å². The monoisotopic (exact) mass is 344 g/mol. The van der Waals surface area contributed by atoms with Gasteiger partial charge in [0.25, 0.3) is 0 Å². The molecule has 1 aromatic carbocycles. The summed E-state index contributed by atoms with van der Waals surface area (Å²) in [6.45, 7) is 7.68. The molecule has 4 nitrogen and oxygen atoms in total. The smallest absolute Gasteiger partial charge is 0.222 e. The van der Waals surface area contributed by atoms with Gasteiger partial charge >= 0.3 is 0 Å². The van der Waals surface area contributed by atoms with Crippen molar-refractivity contribution in [2.75, 3.05) is 13.1 Å². The van der Waals surface area contributed by atoms with Crippen molar-refractivity contribution in [3.8, 4) is 0 Å². The molecule has 1 aromatic rings. The van der Waals surface area contributed by atoms with Crippen LogP contribution in [0.15, 0.2) is 24.3 Å². The first-order valence-electron chi connectivity index (χ1n) is 9.53. The second-order valence-electron chi connectivity index (χ2n) is 7.83. The van der Waals surface area contributed by atoms with Crippen LogP contribution in [0.3, 0.4) is 0 Å². The summed E-state index contributed by atoms with van der Waals surface area (Å²) in [6.07, 6.45) is 3.79. The SMILES string of the molecule is CC(C)Cc1ccc(C(=O)C2CCN(C(=O)CCC(C)N)CC2)cc1. The minimum absolute atomic E-state index is 0.0356. The average Bonchev–Trinajstić information content (AvgIpc) is 2.59. The van der Waals surface area contributed by atoms with Gasteiger partial charge < -0.3 is 10.6 Å². The van der Waals surface area contributed by atoms with Gasteiger partial charge in [0.15, 0.2) is 5.78 Å². The van der Waals surface area contributed by atoms with Gasteiger partial charge in [0.2, 0.25) is 5.91 Å². The molecule has 0 aliphatic carbocycles. The first-order valence-corrected chi connectivity index (χ1v) is 9.53. The Kier molecular flexibility index (Phi) is 7.18. The molecule has 1 aliphatic rings. The van der Waals surface area contributed by atoms with E-state index in [1.165, 1.54) is 5.56 Å². The Morgan fingerprint density at radius 2 is 1.72 bits per heavy atom. The number of likely N-dealkylation sites (tertiary alicyclic amines) is 1. The normalized spacial score (nSPS) is 16.9. The van der Waals surface area contributed by atoms with E-state index in [1.807, 2.05) is 24.0 Å². The zero-order valence-electron chi connectivity index (χ0n) is 15.8. The van der Waals surface area contributed by atoms with Crippen LogP contribution in [0, 0.1) is 11.8 Å². The van der Waals surface area contributed by atoms with E-state index < -0.39 is 0 Å². The second kappa shape index (κ2) is 9.14. The Labute approximate surface area is 151 Å². The van der Waals surface area contributed by atoms with Crippen molar-refractivity contribution in [2.24, 2.45) is 17.6 Å². The first-order chi connectivity index (χ1) is 11.9. The minimum Gasteiger partial charge on any atom is -0.343 e. The van der Waals surface area contributed by atoms with Crippen LogP contribution in [0.5, 0.6) is 0 Å². The summed E-state index contributed by atoms with van der Waals surface area (Å²) in [5.74, 6) is 1.04. The van der Waals surface area contributed by atoms with Crippen molar-refractivity contribution < 1.29 is 9.59 Å². The van der Waals surface area contributed by atoms with Crippen LogP contribution < -0.4 is 5.73 Å². The lowest BCUT2D eigenvalue weighted by atomic mass is 9.88. The number of hydrogen-bond donors (Lipinski definition) is 1. The molecule has 0 aromatic heterocycles. The zero-order valence-corrected chi connectivity index (χ0v) is 15.8. The largest absolute Gasteiger partial charge is 0.343 e. The van der Waals surface area contributed by atoms with Crippen LogP contribution in [0.25, 0.3) is 0 Å². The van der Waals surface area contributed by atoms with Crippen molar-refractivity contribution in [2.45, 2.75) is 58.9 Å². The summed E-state index contributed by atoms with van der Waals surface area (Å²) < 4.78 is 0. The summed E-state index contributed by atoms with van der Waals surface area (Å²) in [4.78, 5) is 26.8. The Morgan fingerprint density at radius 3 is 2.24 bits per heavy atom. The topological polar surface area (TPSA) is 63.4 Å². The number of ketones is 1. The molecule has 1 aliphatic heterocycles. The summed E-state index contributed by atoms with van der Waals surface area (Å²) in [7, 11) is 0. The highest BCUT2D eigenvalue weighted by atomic mass is 16.2. The molecule has 1 amide bonds. The fourth-order valence-electron chi connectivity index (χ4n) is 3.41. The molecular formula is C21H32N2O2. The molecular weight excluding hydrogens is 312 g/mol. The number of carbonyl (C=O) groups excluding carboxylic acids is 2. The zero-order chi connectivity index (χ0) is 18.4. The molecule has 1 saturated heterocycles. The van der Waals surface area contributed by atoms with Gasteiger partial charge in [0.05, 0.1) is 0 Å². The van der Waals surface area contributed by atoms with Crippen molar-refractivity contribution in [1.82, 2.24) is 4.90 Å². The summed E-state index contributed by atoms with van der Waals surface area (Å²) in [5.41, 5.74) is 7.80. The number of nitrogens with two attached hydrogens (primary N) is 1. The van der Waals surface area contributed by atoms with Crippen LogP contribution in [-0.2, 0) is 11.2 Å². The van der Waals surface area contributed by atoms with Gasteiger partial charge in [0.1, 0.15) is 0 Å². The molecule has 0 bridgehead atoms. The summed E-state index contributed by atoms with van der Waals surface area (Å²) in [6, 6.07) is 8.11. The highest BCUT2D eigenvalue weighted by molar-refractivity contribution is 5.98. The van der Waals surface area contributed by atoms with Crippen molar-refractivity contribution in [3.63, 3.8) is 0 Å². The third kappa shape index (κ3) is 5.96. The lowest BCUT2D eigenvalue weighted by molar-refractivity contribution is -0.132. The van der Waals surface area contributed by atoms with Crippen LogP contribution in [0.2, 0.25) is 0 Å². The third-order valence-corrected chi connectivity index (χ3v) is 4.91. The molecule has 0 spiro atoms. The molecule has 138 valence electrons. The quantitative estimate of drug-likeness (QED) is 0.771. The van der Waals surface area contributed by atoms with E-state index in [1.54, 1.807) is 0 Å². The third-order valence-electron chi connectivity index (χ3n) is 4.91. The predicted octanol–water partition coefficient (Wildman–Crippen LogP) is 3.43. The molecule has 25 heavy (non-hydrogen) atoms. The van der Waals surface area contributed by atoms with E-state index in [9.17, 15) is 9.59 Å². The number of benzene rings is 1. The van der Waals surface area contributed by atoms with Crippen LogP contribution in [0.4, 0.5) is 0 Å². The molecule has 1 heterocycles. The van der Waals surface area contributed by atoms with Crippen LogP contribution >= 0.6 is 0 Å². The highest BCUT2D eigenvalue weighted by Crippen LogP contribution is 2.23. The number of nitrogens with zero attached hydrogens (tertiary/aromatic N) is 1. The molecule has 4 heteroatoms. The number of Topliss-reactive ketones (excluding diaryl/α,β-unsaturated/α-hetero) is 1. The van der Waals surface area contributed by atoms with E-state index in [4.69, 9.17) is 5.73 Å². The van der Waals surface area contributed by atoms with E-state index in [0.29, 0.717) is 25.4 Å². The standard InChI is InChI=1S/C21H32N2O2/c1-15(2)14-17-5-7-18(8-6-17)21(25)19-10-12-23(13-11-19)20(24)9-4-16(3)22/h5-8,15-16,19H,4,9-14,22H2,1-3H3. The van der Waals surface area contributed by atoms with Crippen molar-refractivity contribution >= 4 is 11.7 Å². The van der Waals surface area contributed by atoms with Crippen LogP contribution in [-0.4, -0.2) is 35.7 Å². The maximum absolute atomic E-state index is 12.7. The van der Waals surface area contributed by atoms with E-state index >= 15 is 0 Å². The van der Waals surface area contributed by atoms with Gasteiger partial charge in [0, 0.05) is 37.0 Å². The van der Waals surface area contributed by atoms with Gasteiger partial charge in [-0.15, -0.1) is 0 Å². The number of carbonyl (C=O) groups is 2. The number of piperidine rings is 1. The lowest BCUT2D eigenvalue weighted by Gasteiger charge is -2.31. The molecule has 2 rings (SSSR count). The Balaban J connectivity index is 1.85. The summed E-state index contributed by atoms with van der Waals surface area (Å²) in [5, 5.41) is 0. The molecule has 0 saturated carbocycles. The van der Waals surface area contributed by atoms with Crippen LogP contribution in [0.1, 0.15) is 62.4 Å². The minimum atomic E-state index is 0.0356. The number of hydrogen-bond acceptors (Lipinski definition) is 3. The molecule has 1 unspecified atom stereocenters. The average molecular weight is 344 g/mol. The van der Waals surface area contributed by atoms with Gasteiger partial charge in [-0.1, -0.05) is 38.1 Å². The molecule has 2 N–H and O–H groups in total. The second-order valence-corrected chi connectivity index (χ2v) is 7.83. The van der Waals surface area contributed by atoms with Gasteiger partial charge in [-0.05, 0) is 44.1 Å². The first kappa shape index (κ1) is 19.6. The molecule has 1 fully saturated rings. The van der Waals surface area contributed by atoms with Gasteiger partial charge in [-0.2, -0.15) is 0 Å². The molecule has 1 atom stereocenters. The molecule has 0 radical (unpaired) electrons.